The Balaban J connectivity index is 1.60. The zero-order valence-corrected chi connectivity index (χ0v) is 17.2. The van der Waals surface area contributed by atoms with Crippen molar-refractivity contribution in [3.05, 3.63) is 53.3 Å². The first-order valence-corrected chi connectivity index (χ1v) is 10.5. The second kappa shape index (κ2) is 8.34. The highest BCUT2D eigenvalue weighted by molar-refractivity contribution is 8.13. The molecule has 1 aromatic heterocycles. The topological polar surface area (TPSA) is 113 Å². The number of pyridine rings is 1. The highest BCUT2D eigenvalue weighted by Gasteiger charge is 2.40. The molecule has 1 spiro atoms. The van der Waals surface area contributed by atoms with Gasteiger partial charge in [-0.2, -0.15) is 13.2 Å². The van der Waals surface area contributed by atoms with Crippen LogP contribution in [0.5, 0.6) is 5.75 Å². The van der Waals surface area contributed by atoms with Gasteiger partial charge in [-0.05, 0) is 36.8 Å². The number of rotatable bonds is 2. The summed E-state index contributed by atoms with van der Waals surface area (Å²) in [5.41, 5.74) is -0.722. The Bertz CT molecular complexity index is 1090. The Kier molecular flexibility index (Phi) is 5.71. The summed E-state index contributed by atoms with van der Waals surface area (Å²) in [5, 5.41) is 14.2. The van der Waals surface area contributed by atoms with E-state index in [9.17, 15) is 22.8 Å². The number of aromatic nitrogens is 1. The summed E-state index contributed by atoms with van der Waals surface area (Å²) in [5.74, 6) is 0.553. The minimum Gasteiger partial charge on any atom is -0.493 e. The van der Waals surface area contributed by atoms with Gasteiger partial charge < -0.3 is 15.2 Å². The molecule has 0 saturated heterocycles. The number of nitrogens with one attached hydrogen (secondary N) is 2. The molecule has 32 heavy (non-hydrogen) atoms. The standard InChI is InChI=1S/C20H17F3N4O4S/c21-20(22,23)11-1-3-14(24-10-11)16(28)25-12-2-4-15-13(9-12)19(5-7-31-15)6-8-32-17(27-19)26-18(29)30/h1-4,9-10H,5-8H2,(H,25,28)(H,26,27)(H,29,30). The molecule has 1 aromatic carbocycles. The van der Waals surface area contributed by atoms with E-state index in [1.807, 2.05) is 0 Å². The van der Waals surface area contributed by atoms with Crippen LogP contribution in [0.2, 0.25) is 0 Å². The number of amides is 2. The van der Waals surface area contributed by atoms with Gasteiger partial charge in [0, 0.05) is 29.6 Å². The van der Waals surface area contributed by atoms with E-state index in [-0.39, 0.29) is 5.69 Å². The second-order valence-electron chi connectivity index (χ2n) is 7.17. The molecule has 3 N–H and O–H groups in total. The third-order valence-electron chi connectivity index (χ3n) is 5.12. The molecule has 8 nitrogen and oxygen atoms in total. The molecule has 2 aliphatic rings. The van der Waals surface area contributed by atoms with Crippen molar-refractivity contribution in [2.45, 2.75) is 24.6 Å². The first-order valence-electron chi connectivity index (χ1n) is 9.51. The molecule has 0 aliphatic carbocycles. The van der Waals surface area contributed by atoms with Crippen molar-refractivity contribution in [2.24, 2.45) is 4.99 Å². The van der Waals surface area contributed by atoms with Crippen molar-refractivity contribution in [3.8, 4) is 5.75 Å². The second-order valence-corrected chi connectivity index (χ2v) is 8.25. The number of thioether (sulfide) groups is 1. The van der Waals surface area contributed by atoms with Gasteiger partial charge in [-0.3, -0.25) is 20.1 Å². The fraction of sp³-hybridized carbons (Fsp3) is 0.300. The maximum Gasteiger partial charge on any atom is 0.417 e. The van der Waals surface area contributed by atoms with Crippen molar-refractivity contribution in [3.63, 3.8) is 0 Å². The highest BCUT2D eigenvalue weighted by atomic mass is 32.2. The molecule has 1 atom stereocenters. The van der Waals surface area contributed by atoms with Gasteiger partial charge in [0.05, 0.1) is 17.7 Å². The molecule has 2 amide bonds. The number of hydrogen-bond acceptors (Lipinski definition) is 6. The van der Waals surface area contributed by atoms with Crippen LogP contribution in [-0.4, -0.2) is 39.6 Å². The fourth-order valence-corrected chi connectivity index (χ4v) is 4.62. The molecule has 0 bridgehead atoms. The smallest absolute Gasteiger partial charge is 0.417 e. The molecule has 0 saturated carbocycles. The number of nitrogens with zero attached hydrogens (tertiary/aromatic N) is 2. The first kappa shape index (κ1) is 21.9. The van der Waals surface area contributed by atoms with E-state index >= 15 is 0 Å². The number of aliphatic imine (C=N–C) groups is 1. The lowest BCUT2D eigenvalue weighted by molar-refractivity contribution is -0.137. The summed E-state index contributed by atoms with van der Waals surface area (Å²) in [6.07, 6.45) is -3.96. The molecule has 4 rings (SSSR count). The van der Waals surface area contributed by atoms with E-state index in [1.54, 1.807) is 18.2 Å². The lowest BCUT2D eigenvalue weighted by atomic mass is 9.82. The third kappa shape index (κ3) is 4.49. The minimum atomic E-state index is -4.54. The van der Waals surface area contributed by atoms with Crippen LogP contribution in [-0.2, 0) is 11.7 Å². The van der Waals surface area contributed by atoms with Crippen LogP contribution in [0.25, 0.3) is 0 Å². The SMILES string of the molecule is O=C(O)NC1=NC2(CCOc3ccc(NC(=O)c4ccc(C(F)(F)F)cn4)cc32)CCS1. The maximum absolute atomic E-state index is 12.7. The number of anilines is 1. The average Bonchev–Trinajstić information content (AvgIpc) is 2.73. The number of ether oxygens (including phenoxy) is 1. The van der Waals surface area contributed by atoms with Gasteiger partial charge in [0.25, 0.3) is 5.91 Å². The highest BCUT2D eigenvalue weighted by Crippen LogP contribution is 2.46. The quantitative estimate of drug-likeness (QED) is 0.615. The van der Waals surface area contributed by atoms with Gasteiger partial charge in [-0.1, -0.05) is 11.8 Å². The van der Waals surface area contributed by atoms with Crippen molar-refractivity contribution in [1.29, 1.82) is 0 Å². The summed E-state index contributed by atoms with van der Waals surface area (Å²) < 4.78 is 43.8. The van der Waals surface area contributed by atoms with E-state index in [2.05, 4.69) is 20.6 Å². The van der Waals surface area contributed by atoms with Gasteiger partial charge >= 0.3 is 12.3 Å². The number of alkyl halides is 3. The largest absolute Gasteiger partial charge is 0.493 e. The Hall–Kier alpha value is -3.28. The number of amidine groups is 1. The molecular weight excluding hydrogens is 449 g/mol. The normalized spacial score (nSPS) is 20.0. The van der Waals surface area contributed by atoms with Crippen molar-refractivity contribution in [1.82, 2.24) is 10.3 Å². The number of carbonyl (C=O) groups is 2. The summed E-state index contributed by atoms with van der Waals surface area (Å²) in [6.45, 7) is 0.405. The molecule has 2 aliphatic heterocycles. The zero-order valence-electron chi connectivity index (χ0n) is 16.4. The van der Waals surface area contributed by atoms with E-state index in [4.69, 9.17) is 9.84 Å². The number of hydrogen-bond donors (Lipinski definition) is 3. The molecule has 2 aromatic rings. The maximum atomic E-state index is 12.7. The van der Waals surface area contributed by atoms with Gasteiger partial charge in [0.15, 0.2) is 5.17 Å². The Morgan fingerprint density at radius 1 is 1.16 bits per heavy atom. The third-order valence-corrected chi connectivity index (χ3v) is 5.99. The monoisotopic (exact) mass is 466 g/mol. The Morgan fingerprint density at radius 3 is 2.66 bits per heavy atom. The van der Waals surface area contributed by atoms with E-state index < -0.39 is 29.3 Å². The van der Waals surface area contributed by atoms with Crippen LogP contribution in [0, 0.1) is 0 Å². The van der Waals surface area contributed by atoms with Gasteiger partial charge in [-0.15, -0.1) is 0 Å². The number of halogens is 3. The van der Waals surface area contributed by atoms with Crippen LogP contribution < -0.4 is 15.4 Å². The van der Waals surface area contributed by atoms with Crippen molar-refractivity contribution in [2.75, 3.05) is 17.7 Å². The minimum absolute atomic E-state index is 0.165. The molecule has 3 heterocycles. The molecule has 1 unspecified atom stereocenters. The predicted octanol–water partition coefficient (Wildman–Crippen LogP) is 4.09. The zero-order chi connectivity index (χ0) is 22.9. The van der Waals surface area contributed by atoms with E-state index in [1.165, 1.54) is 11.8 Å². The molecule has 0 radical (unpaired) electrons. The summed E-state index contributed by atoms with van der Waals surface area (Å²) >= 11 is 1.31. The van der Waals surface area contributed by atoms with Gasteiger partial charge in [0.2, 0.25) is 0 Å². The van der Waals surface area contributed by atoms with Crippen LogP contribution in [0.4, 0.5) is 23.7 Å². The number of benzene rings is 1. The number of carboxylic acid groups (broad SMARTS) is 1. The average molecular weight is 466 g/mol. The predicted molar refractivity (Wildman–Crippen MR) is 111 cm³/mol. The van der Waals surface area contributed by atoms with E-state index in [0.717, 1.165) is 12.1 Å². The van der Waals surface area contributed by atoms with Crippen molar-refractivity contribution >= 4 is 34.6 Å². The summed E-state index contributed by atoms with van der Waals surface area (Å²) in [4.78, 5) is 31.8. The Labute approximate surface area is 184 Å². The van der Waals surface area contributed by atoms with Crippen LogP contribution in [0.1, 0.15) is 34.5 Å². The van der Waals surface area contributed by atoms with Crippen LogP contribution in [0.3, 0.4) is 0 Å². The van der Waals surface area contributed by atoms with Gasteiger partial charge in [-0.25, -0.2) is 4.79 Å². The van der Waals surface area contributed by atoms with Gasteiger partial charge in [0.1, 0.15) is 11.4 Å². The summed E-state index contributed by atoms with van der Waals surface area (Å²) in [7, 11) is 0. The Morgan fingerprint density at radius 2 is 1.97 bits per heavy atom. The first-order chi connectivity index (χ1) is 15.2. The molecule has 168 valence electrons. The lowest BCUT2D eigenvalue weighted by Crippen LogP contribution is -2.39. The van der Waals surface area contributed by atoms with Crippen molar-refractivity contribution < 1.29 is 32.6 Å². The van der Waals surface area contributed by atoms with Crippen LogP contribution >= 0.6 is 11.8 Å². The fourth-order valence-electron chi connectivity index (χ4n) is 3.58. The van der Waals surface area contributed by atoms with Crippen LogP contribution in [0.15, 0.2) is 41.5 Å². The van der Waals surface area contributed by atoms with E-state index in [0.29, 0.717) is 53.6 Å². The molecule has 12 heteroatoms. The number of carbonyl (C=O) groups excluding carboxylic acids is 1. The molecular formula is C20H17F3N4O4S. The molecule has 0 fully saturated rings. The lowest BCUT2D eigenvalue weighted by Gasteiger charge is -2.38. The number of fused-ring (bicyclic) bond motifs is 2. The summed E-state index contributed by atoms with van der Waals surface area (Å²) in [6, 6.07) is 6.77.